The summed E-state index contributed by atoms with van der Waals surface area (Å²) in [7, 11) is 0. The van der Waals surface area contributed by atoms with Gasteiger partial charge in [-0.2, -0.15) is 0 Å². The number of thiophene rings is 1. The summed E-state index contributed by atoms with van der Waals surface area (Å²) in [4.78, 5) is 58.3. The van der Waals surface area contributed by atoms with Crippen molar-refractivity contribution in [3.05, 3.63) is 127 Å². The van der Waals surface area contributed by atoms with Crippen LogP contribution in [0.25, 0.3) is 5.00 Å². The summed E-state index contributed by atoms with van der Waals surface area (Å²) in [6.07, 6.45) is 5.45. The molecule has 4 amide bonds. The maximum absolute atomic E-state index is 13.3. The average molecular weight is 831 g/mol. The molecule has 0 aliphatic carbocycles. The third-order valence-electron chi connectivity index (χ3n) is 11.4. The van der Waals surface area contributed by atoms with Crippen molar-refractivity contribution in [2.45, 2.75) is 90.8 Å². The van der Waals surface area contributed by atoms with Crippen LogP contribution in [0.5, 0.6) is 0 Å². The molecule has 59 heavy (non-hydrogen) atoms. The SMILES string of the molecule is Cc1sc2c(c1C)C(c1ccc(Cl)cc1)=N[C@@H](CC(=O)NCCCCCCNc1ccc(Cc3ccc4c(c3)CN(C3CCC(=O)NC3=O)C4=O)cc1)c1nnc(C)n1-2. The van der Waals surface area contributed by atoms with Crippen LogP contribution in [0.15, 0.2) is 71.7 Å². The lowest BCUT2D eigenvalue weighted by atomic mass is 9.99. The fourth-order valence-electron chi connectivity index (χ4n) is 8.16. The number of piperidine rings is 1. The number of benzene rings is 3. The largest absolute Gasteiger partial charge is 0.385 e. The lowest BCUT2D eigenvalue weighted by Crippen LogP contribution is -2.52. The zero-order chi connectivity index (χ0) is 41.2. The van der Waals surface area contributed by atoms with E-state index in [9.17, 15) is 19.2 Å². The molecule has 3 aliphatic rings. The molecule has 0 bridgehead atoms. The minimum atomic E-state index is -0.612. The molecule has 2 aromatic heterocycles. The number of halogens is 1. The van der Waals surface area contributed by atoms with E-state index in [1.54, 1.807) is 16.2 Å². The zero-order valence-corrected chi connectivity index (χ0v) is 35.0. The molecule has 8 rings (SSSR count). The predicted octanol–water partition coefficient (Wildman–Crippen LogP) is 7.33. The third-order valence-corrected chi connectivity index (χ3v) is 12.9. The summed E-state index contributed by atoms with van der Waals surface area (Å²) in [5.74, 6) is 0.532. The molecule has 0 saturated carbocycles. The maximum atomic E-state index is 13.3. The van der Waals surface area contributed by atoms with Crippen LogP contribution < -0.4 is 16.0 Å². The lowest BCUT2D eigenvalue weighted by Gasteiger charge is -2.29. The number of aromatic nitrogens is 3. The van der Waals surface area contributed by atoms with Gasteiger partial charge in [-0.1, -0.05) is 60.8 Å². The number of fused-ring (bicyclic) bond motifs is 4. The van der Waals surface area contributed by atoms with Crippen LogP contribution in [-0.4, -0.2) is 68.1 Å². The molecule has 304 valence electrons. The van der Waals surface area contributed by atoms with Gasteiger partial charge in [-0.3, -0.25) is 34.1 Å². The number of aliphatic imine (C=N–C) groups is 1. The van der Waals surface area contributed by atoms with Gasteiger partial charge in [0.2, 0.25) is 17.7 Å². The first kappa shape index (κ1) is 40.1. The molecule has 1 fully saturated rings. The van der Waals surface area contributed by atoms with Gasteiger partial charge in [-0.05, 0) is 99.0 Å². The molecular formula is C45H47ClN8O4S. The Morgan fingerprint density at radius 3 is 2.42 bits per heavy atom. The van der Waals surface area contributed by atoms with E-state index in [0.717, 1.165) is 94.3 Å². The highest BCUT2D eigenvalue weighted by Gasteiger charge is 2.39. The Hall–Kier alpha value is -5.66. The molecule has 3 N–H and O–H groups in total. The van der Waals surface area contributed by atoms with Crippen molar-refractivity contribution in [2.24, 2.45) is 4.99 Å². The van der Waals surface area contributed by atoms with Crippen LogP contribution in [0.4, 0.5) is 5.69 Å². The second-order valence-electron chi connectivity index (χ2n) is 15.6. The number of rotatable bonds is 14. The molecule has 2 atom stereocenters. The van der Waals surface area contributed by atoms with Crippen molar-refractivity contribution in [3.63, 3.8) is 0 Å². The van der Waals surface area contributed by atoms with Gasteiger partial charge in [0.25, 0.3) is 5.91 Å². The number of unbranched alkanes of at least 4 members (excludes halogenated alkanes) is 3. The zero-order valence-electron chi connectivity index (χ0n) is 33.4. The highest BCUT2D eigenvalue weighted by atomic mass is 35.5. The van der Waals surface area contributed by atoms with Crippen molar-refractivity contribution < 1.29 is 19.2 Å². The van der Waals surface area contributed by atoms with Gasteiger partial charge >= 0.3 is 0 Å². The van der Waals surface area contributed by atoms with Crippen molar-refractivity contribution in [2.75, 3.05) is 18.4 Å². The minimum Gasteiger partial charge on any atom is -0.385 e. The van der Waals surface area contributed by atoms with E-state index in [2.05, 4.69) is 74.9 Å². The number of imide groups is 1. The monoisotopic (exact) mass is 830 g/mol. The first-order valence-corrected chi connectivity index (χ1v) is 21.5. The van der Waals surface area contributed by atoms with Crippen LogP contribution in [0, 0.1) is 20.8 Å². The summed E-state index contributed by atoms with van der Waals surface area (Å²) in [6, 6.07) is 20.9. The Morgan fingerprint density at radius 1 is 0.915 bits per heavy atom. The normalized spacial score (nSPS) is 17.2. The lowest BCUT2D eigenvalue weighted by molar-refractivity contribution is -0.137. The molecule has 14 heteroatoms. The van der Waals surface area contributed by atoms with Gasteiger partial charge in [-0.15, -0.1) is 21.5 Å². The van der Waals surface area contributed by atoms with Gasteiger partial charge in [0.15, 0.2) is 5.82 Å². The Labute approximate surface area is 352 Å². The molecular weight excluding hydrogens is 784 g/mol. The number of nitrogens with zero attached hydrogens (tertiary/aromatic N) is 5. The van der Waals surface area contributed by atoms with Crippen molar-refractivity contribution >= 4 is 58.0 Å². The molecule has 0 spiro atoms. The molecule has 5 heterocycles. The summed E-state index contributed by atoms with van der Waals surface area (Å²) in [5, 5.41) is 19.6. The van der Waals surface area contributed by atoms with Gasteiger partial charge in [0, 0.05) is 58.3 Å². The van der Waals surface area contributed by atoms with Crippen molar-refractivity contribution in [1.82, 2.24) is 30.3 Å². The van der Waals surface area contributed by atoms with E-state index in [4.69, 9.17) is 16.6 Å². The maximum Gasteiger partial charge on any atom is 0.255 e. The van der Waals surface area contributed by atoms with E-state index in [1.807, 2.05) is 43.3 Å². The summed E-state index contributed by atoms with van der Waals surface area (Å²) in [5.41, 5.74) is 8.84. The highest BCUT2D eigenvalue weighted by molar-refractivity contribution is 7.15. The molecule has 0 radical (unpaired) electrons. The van der Waals surface area contributed by atoms with Crippen molar-refractivity contribution in [3.8, 4) is 5.00 Å². The number of amides is 4. The number of anilines is 1. The quantitative estimate of drug-likeness (QED) is 0.0784. The topological polar surface area (TPSA) is 151 Å². The van der Waals surface area contributed by atoms with Crippen molar-refractivity contribution in [1.29, 1.82) is 0 Å². The van der Waals surface area contributed by atoms with E-state index < -0.39 is 18.0 Å². The molecule has 1 unspecified atom stereocenters. The van der Waals surface area contributed by atoms with Crippen LogP contribution >= 0.6 is 22.9 Å². The first-order chi connectivity index (χ1) is 28.5. The smallest absolute Gasteiger partial charge is 0.255 e. The van der Waals surface area contributed by atoms with E-state index in [-0.39, 0.29) is 30.6 Å². The first-order valence-electron chi connectivity index (χ1n) is 20.3. The van der Waals surface area contributed by atoms with E-state index >= 15 is 0 Å². The van der Waals surface area contributed by atoms with E-state index in [0.29, 0.717) is 35.9 Å². The van der Waals surface area contributed by atoms with Gasteiger partial charge in [0.1, 0.15) is 22.9 Å². The number of carbonyl (C=O) groups is 4. The van der Waals surface area contributed by atoms with Crippen LogP contribution in [-0.2, 0) is 27.3 Å². The number of hydrogen-bond donors (Lipinski definition) is 3. The fraction of sp³-hybridized carbons (Fsp3) is 0.356. The van der Waals surface area contributed by atoms with Crippen LogP contribution in [0.3, 0.4) is 0 Å². The molecule has 3 aliphatic heterocycles. The summed E-state index contributed by atoms with van der Waals surface area (Å²) < 4.78 is 2.06. The number of aryl methyl sites for hydroxylation is 2. The average Bonchev–Trinajstić information content (AvgIpc) is 3.83. The van der Waals surface area contributed by atoms with Crippen LogP contribution in [0.2, 0.25) is 5.02 Å². The Kier molecular flexibility index (Phi) is 11.8. The van der Waals surface area contributed by atoms with Gasteiger partial charge in [0.05, 0.1) is 12.1 Å². The predicted molar refractivity (Wildman–Crippen MR) is 230 cm³/mol. The Bertz CT molecular complexity index is 2460. The third kappa shape index (κ3) is 8.58. The second kappa shape index (κ2) is 17.3. The molecule has 1 saturated heterocycles. The van der Waals surface area contributed by atoms with Crippen LogP contribution in [0.1, 0.15) is 111 Å². The standard InChI is InChI=1S/C45H47ClN8O4S/c1-26-27(2)59-45-40(26)41(31-11-13-33(46)14-12-31)49-36(42-52-51-28(3)54(42)45)24-39(56)48-21-7-5-4-6-20-47-34-15-8-29(9-16-34)22-30-10-17-35-32(23-30)25-53(44(35)58)37-18-19-38(55)50-43(37)57/h8-17,23,36-37,47H,4-7,18-22,24-25H2,1-3H3,(H,48,56)(H,50,55,57)/t36-,37?/m0/s1. The number of carbonyl (C=O) groups excluding carboxylic acids is 4. The van der Waals surface area contributed by atoms with Gasteiger partial charge < -0.3 is 15.5 Å². The van der Waals surface area contributed by atoms with Gasteiger partial charge in [-0.25, -0.2) is 0 Å². The molecule has 5 aromatic rings. The molecule has 3 aromatic carbocycles. The Balaban J connectivity index is 0.774. The minimum absolute atomic E-state index is 0.0626. The second-order valence-corrected chi connectivity index (χ2v) is 17.2. The highest BCUT2D eigenvalue weighted by Crippen LogP contribution is 2.39. The number of nitrogens with one attached hydrogen (secondary N) is 3. The summed E-state index contributed by atoms with van der Waals surface area (Å²) in [6.45, 7) is 7.99. The molecule has 12 nitrogen and oxygen atoms in total. The number of hydrogen-bond acceptors (Lipinski definition) is 9. The fourth-order valence-corrected chi connectivity index (χ4v) is 9.50. The Morgan fingerprint density at radius 2 is 1.66 bits per heavy atom. The summed E-state index contributed by atoms with van der Waals surface area (Å²) >= 11 is 7.93. The van der Waals surface area contributed by atoms with E-state index in [1.165, 1.54) is 4.88 Å².